The largest absolute Gasteiger partial charge is 0.460 e. The molecule has 5 aliphatic rings. The van der Waals surface area contributed by atoms with Gasteiger partial charge in [-0.2, -0.15) is 0 Å². The molecule has 1 N–H and O–H groups in total. The predicted molar refractivity (Wildman–Crippen MR) is 179 cm³/mol. The molecule has 250 valence electrons. The van der Waals surface area contributed by atoms with Crippen LogP contribution in [-0.2, 0) is 20.9 Å². The quantitative estimate of drug-likeness (QED) is 0.322. The first kappa shape index (κ1) is 32.9. The van der Waals surface area contributed by atoms with Crippen LogP contribution in [0.15, 0.2) is 30.3 Å². The van der Waals surface area contributed by atoms with E-state index in [1.54, 1.807) is 0 Å². The number of hydrogen-bond donors (Lipinski definition) is 1. The van der Waals surface area contributed by atoms with Crippen LogP contribution in [-0.4, -0.2) is 24.7 Å². The Bertz CT molecular complexity index is 1260. The lowest BCUT2D eigenvalue weighted by molar-refractivity contribution is -0.250. The van der Waals surface area contributed by atoms with E-state index in [-0.39, 0.29) is 45.2 Å². The van der Waals surface area contributed by atoms with Gasteiger partial charge in [0.25, 0.3) is 0 Å². The fourth-order valence-corrected chi connectivity index (χ4v) is 13.1. The van der Waals surface area contributed by atoms with E-state index in [4.69, 9.17) is 9.47 Å². The molecule has 5 aliphatic carbocycles. The number of hydrogen-bond acceptors (Lipinski definition) is 4. The third-order valence-electron chi connectivity index (χ3n) is 15.5. The second-order valence-corrected chi connectivity index (χ2v) is 17.6. The molecular formula is C40H61NO4. The molecule has 0 spiro atoms. The van der Waals surface area contributed by atoms with Crippen LogP contribution in [0.4, 0.5) is 4.79 Å². The number of alkyl carbamates (subject to hydrolysis) is 1. The van der Waals surface area contributed by atoms with Crippen molar-refractivity contribution in [3.8, 4) is 0 Å². The highest BCUT2D eigenvalue weighted by molar-refractivity contribution is 5.78. The molecule has 6 rings (SSSR count). The molecule has 5 heteroatoms. The molecule has 1 amide bonds. The first-order chi connectivity index (χ1) is 21.2. The van der Waals surface area contributed by atoms with E-state index >= 15 is 0 Å². The minimum absolute atomic E-state index is 0.0408. The van der Waals surface area contributed by atoms with Crippen molar-refractivity contribution in [2.75, 3.05) is 6.54 Å². The van der Waals surface area contributed by atoms with Gasteiger partial charge in [0.15, 0.2) is 0 Å². The second kappa shape index (κ2) is 11.6. The fourth-order valence-electron chi connectivity index (χ4n) is 13.1. The van der Waals surface area contributed by atoms with Crippen molar-refractivity contribution in [2.24, 2.45) is 62.6 Å². The number of esters is 1. The Morgan fingerprint density at radius 1 is 0.844 bits per heavy atom. The number of benzene rings is 1. The van der Waals surface area contributed by atoms with Gasteiger partial charge in [-0.05, 0) is 128 Å². The van der Waals surface area contributed by atoms with Crippen LogP contribution in [0.1, 0.15) is 125 Å². The molecule has 4 unspecified atom stereocenters. The van der Waals surface area contributed by atoms with Crippen LogP contribution in [0.2, 0.25) is 0 Å². The van der Waals surface area contributed by atoms with Crippen molar-refractivity contribution in [3.63, 3.8) is 0 Å². The normalized spacial score (nSPS) is 43.3. The number of nitrogens with one attached hydrogen (secondary N) is 1. The molecule has 45 heavy (non-hydrogen) atoms. The Balaban J connectivity index is 1.28. The zero-order valence-corrected chi connectivity index (χ0v) is 29.5. The van der Waals surface area contributed by atoms with Gasteiger partial charge >= 0.3 is 12.1 Å². The van der Waals surface area contributed by atoms with Crippen LogP contribution in [0.25, 0.3) is 0 Å². The summed E-state index contributed by atoms with van der Waals surface area (Å²) < 4.78 is 12.3. The fraction of sp³-hybridized carbons (Fsp3) is 0.800. The van der Waals surface area contributed by atoms with E-state index in [1.165, 1.54) is 25.7 Å². The maximum atomic E-state index is 14.3. The number of ether oxygens (including phenoxy) is 2. The number of carbonyl (C=O) groups is 2. The zero-order chi connectivity index (χ0) is 32.4. The maximum absolute atomic E-state index is 14.3. The summed E-state index contributed by atoms with van der Waals surface area (Å²) in [7, 11) is 0. The average Bonchev–Trinajstić information content (AvgIpc) is 3.40. The van der Waals surface area contributed by atoms with E-state index in [0.717, 1.165) is 44.1 Å². The summed E-state index contributed by atoms with van der Waals surface area (Å²) in [4.78, 5) is 26.8. The average molecular weight is 620 g/mol. The molecule has 10 atom stereocenters. The van der Waals surface area contributed by atoms with E-state index in [1.807, 2.05) is 25.1 Å². The number of amides is 1. The summed E-state index contributed by atoms with van der Waals surface area (Å²) in [6, 6.07) is 10.2. The van der Waals surface area contributed by atoms with Gasteiger partial charge in [0.05, 0.1) is 5.41 Å². The van der Waals surface area contributed by atoms with Crippen molar-refractivity contribution < 1.29 is 19.1 Å². The van der Waals surface area contributed by atoms with Crippen molar-refractivity contribution >= 4 is 12.1 Å². The van der Waals surface area contributed by atoms with Gasteiger partial charge in [-0.15, -0.1) is 0 Å². The molecule has 1 aromatic rings. The molecule has 0 aliphatic heterocycles. The van der Waals surface area contributed by atoms with Gasteiger partial charge in [-0.1, -0.05) is 78.8 Å². The first-order valence-corrected chi connectivity index (χ1v) is 18.4. The summed E-state index contributed by atoms with van der Waals surface area (Å²) in [5.74, 6) is 3.36. The van der Waals surface area contributed by atoms with Crippen molar-refractivity contribution in [1.29, 1.82) is 0 Å². The SMILES string of the molecule is CCNC(=O)O[C@@H]1CC[C@@]2(C)C(CC[C@]3(C)C2CCC2C4[C@H](C(C)C)CC[C@]4(C(=O)OCc4ccccc4)CC[C@]23C)C1(C)C. The van der Waals surface area contributed by atoms with Crippen LogP contribution >= 0.6 is 0 Å². The van der Waals surface area contributed by atoms with Gasteiger partial charge in [-0.25, -0.2) is 4.79 Å². The maximum Gasteiger partial charge on any atom is 0.407 e. The summed E-state index contributed by atoms with van der Waals surface area (Å²) in [5.41, 5.74) is 1.33. The Morgan fingerprint density at radius 3 is 2.27 bits per heavy atom. The number of rotatable bonds is 6. The van der Waals surface area contributed by atoms with Gasteiger partial charge in [0.2, 0.25) is 0 Å². The van der Waals surface area contributed by atoms with Gasteiger partial charge in [0.1, 0.15) is 12.7 Å². The smallest absolute Gasteiger partial charge is 0.407 e. The number of carbonyl (C=O) groups excluding carboxylic acids is 2. The predicted octanol–water partition coefficient (Wildman–Crippen LogP) is 9.58. The molecule has 5 fully saturated rings. The summed E-state index contributed by atoms with van der Waals surface area (Å²) >= 11 is 0. The Morgan fingerprint density at radius 2 is 1.58 bits per heavy atom. The van der Waals surface area contributed by atoms with E-state index < -0.39 is 0 Å². The first-order valence-electron chi connectivity index (χ1n) is 18.4. The van der Waals surface area contributed by atoms with Gasteiger partial charge in [-0.3, -0.25) is 4.79 Å². The molecule has 0 bridgehead atoms. The van der Waals surface area contributed by atoms with Crippen LogP contribution in [0.5, 0.6) is 0 Å². The van der Waals surface area contributed by atoms with Gasteiger partial charge in [0, 0.05) is 12.0 Å². The van der Waals surface area contributed by atoms with Crippen molar-refractivity contribution in [1.82, 2.24) is 5.32 Å². The van der Waals surface area contributed by atoms with Gasteiger partial charge < -0.3 is 14.8 Å². The van der Waals surface area contributed by atoms with Crippen LogP contribution < -0.4 is 5.32 Å². The lowest BCUT2D eigenvalue weighted by Crippen LogP contribution is -2.67. The summed E-state index contributed by atoms with van der Waals surface area (Å²) in [6.45, 7) is 20.4. The van der Waals surface area contributed by atoms with E-state index in [2.05, 4.69) is 65.9 Å². The molecule has 1 aromatic carbocycles. The topological polar surface area (TPSA) is 64.6 Å². The highest BCUT2D eigenvalue weighted by atomic mass is 16.6. The van der Waals surface area contributed by atoms with Crippen molar-refractivity contribution in [2.45, 2.75) is 132 Å². The Labute approximate surface area is 273 Å². The molecule has 0 heterocycles. The molecular weight excluding hydrogens is 558 g/mol. The third kappa shape index (κ3) is 4.90. The zero-order valence-electron chi connectivity index (χ0n) is 29.5. The Kier molecular flexibility index (Phi) is 8.46. The van der Waals surface area contributed by atoms with Crippen molar-refractivity contribution in [3.05, 3.63) is 35.9 Å². The van der Waals surface area contributed by atoms with E-state index in [0.29, 0.717) is 48.7 Å². The third-order valence-corrected chi connectivity index (χ3v) is 15.5. The molecule has 0 radical (unpaired) electrons. The van der Waals surface area contributed by atoms with Crippen LogP contribution in [0, 0.1) is 62.6 Å². The highest BCUT2D eigenvalue weighted by Gasteiger charge is 2.72. The minimum atomic E-state index is -0.339. The lowest BCUT2D eigenvalue weighted by Gasteiger charge is -2.72. The lowest BCUT2D eigenvalue weighted by atomic mass is 9.32. The molecule has 5 saturated carbocycles. The second-order valence-electron chi connectivity index (χ2n) is 17.6. The standard InChI is InChI=1S/C40H61NO4/c1-9-41-35(43)45-32-19-20-37(6)30(36(32,4)5)18-21-39(8)31(37)16-15-29-33-28(26(2)3)17-22-40(33,24-23-38(29,39)7)34(42)44-25-27-13-11-10-12-14-27/h10-14,26,28-33H,9,15-25H2,1-8H3,(H,41,43)/t28-,29?,30?,31?,32+,33?,37-,38+,39+,40-/m0/s1. The minimum Gasteiger partial charge on any atom is -0.460 e. The monoisotopic (exact) mass is 619 g/mol. The van der Waals surface area contributed by atoms with E-state index in [9.17, 15) is 9.59 Å². The number of fused-ring (bicyclic) bond motifs is 7. The molecule has 5 nitrogen and oxygen atoms in total. The summed E-state index contributed by atoms with van der Waals surface area (Å²) in [6.07, 6.45) is 10.9. The summed E-state index contributed by atoms with van der Waals surface area (Å²) in [5, 5.41) is 2.86. The Hall–Kier alpha value is -2.04. The molecule has 0 aromatic heterocycles. The highest BCUT2D eigenvalue weighted by Crippen LogP contribution is 2.77. The van der Waals surface area contributed by atoms with Crippen LogP contribution in [0.3, 0.4) is 0 Å². The molecule has 0 saturated heterocycles.